The molecule has 0 aliphatic carbocycles. The van der Waals surface area contributed by atoms with E-state index < -0.39 is 0 Å². The highest BCUT2D eigenvalue weighted by atomic mass is 79.9. The summed E-state index contributed by atoms with van der Waals surface area (Å²) in [4.78, 5) is 0.00426. The molecule has 19 heavy (non-hydrogen) atoms. The van der Waals surface area contributed by atoms with E-state index in [0.29, 0.717) is 10.0 Å². The van der Waals surface area contributed by atoms with Crippen LogP contribution in [0, 0.1) is 6.92 Å². The van der Waals surface area contributed by atoms with Gasteiger partial charge in [0.2, 0.25) is 0 Å². The topological polar surface area (TPSA) is 9.23 Å². The lowest BCUT2D eigenvalue weighted by Crippen LogP contribution is -1.97. The van der Waals surface area contributed by atoms with Crippen molar-refractivity contribution in [3.63, 3.8) is 0 Å². The lowest BCUT2D eigenvalue weighted by Gasteiger charge is -2.16. The predicted octanol–water partition coefficient (Wildman–Crippen LogP) is 5.79. The Bertz CT molecular complexity index is 599. The molecule has 0 N–H and O–H groups in total. The molecule has 2 aromatic carbocycles. The standard InChI is InChI=1S/C15H13BrCl2O/c1-9-8-10(19-2)6-7-11(9)14(16)12-4-3-5-13(17)15(12)18/h3-8,14H,1-2H3. The molecule has 0 bridgehead atoms. The molecule has 1 nitrogen and oxygen atoms in total. The summed E-state index contributed by atoms with van der Waals surface area (Å²) in [6.45, 7) is 2.05. The van der Waals surface area contributed by atoms with Crippen molar-refractivity contribution >= 4 is 39.1 Å². The Labute approximate surface area is 131 Å². The van der Waals surface area contributed by atoms with E-state index in [4.69, 9.17) is 27.9 Å². The van der Waals surface area contributed by atoms with E-state index >= 15 is 0 Å². The third kappa shape index (κ3) is 3.07. The van der Waals surface area contributed by atoms with Crippen molar-refractivity contribution in [1.82, 2.24) is 0 Å². The van der Waals surface area contributed by atoms with Gasteiger partial charge in [-0.1, -0.05) is 57.3 Å². The van der Waals surface area contributed by atoms with Gasteiger partial charge in [-0.15, -0.1) is 0 Å². The van der Waals surface area contributed by atoms with Gasteiger partial charge in [0.15, 0.2) is 0 Å². The maximum absolute atomic E-state index is 6.26. The molecule has 0 heterocycles. The molecule has 0 amide bonds. The van der Waals surface area contributed by atoms with Crippen LogP contribution < -0.4 is 4.74 Å². The molecule has 0 aromatic heterocycles. The molecule has 2 rings (SSSR count). The second-order valence-electron chi connectivity index (χ2n) is 4.23. The fraction of sp³-hybridized carbons (Fsp3) is 0.200. The van der Waals surface area contributed by atoms with Crippen molar-refractivity contribution < 1.29 is 4.74 Å². The van der Waals surface area contributed by atoms with Crippen LogP contribution >= 0.6 is 39.1 Å². The molecule has 4 heteroatoms. The Kier molecular flexibility index (Phi) is 4.77. The number of hydrogen-bond acceptors (Lipinski definition) is 1. The first-order chi connectivity index (χ1) is 9.04. The highest BCUT2D eigenvalue weighted by Gasteiger charge is 2.17. The molecule has 1 unspecified atom stereocenters. The van der Waals surface area contributed by atoms with Crippen LogP contribution in [0.4, 0.5) is 0 Å². The third-order valence-electron chi connectivity index (χ3n) is 3.00. The molecule has 0 fully saturated rings. The average Bonchev–Trinajstić information content (AvgIpc) is 2.41. The summed E-state index contributed by atoms with van der Waals surface area (Å²) in [5.74, 6) is 0.846. The highest BCUT2D eigenvalue weighted by Crippen LogP contribution is 2.39. The first-order valence-electron chi connectivity index (χ1n) is 5.77. The Morgan fingerprint density at radius 1 is 1.11 bits per heavy atom. The summed E-state index contributed by atoms with van der Waals surface area (Å²) < 4.78 is 5.22. The molecule has 100 valence electrons. The zero-order valence-corrected chi connectivity index (χ0v) is 13.7. The molecule has 0 aliphatic rings. The monoisotopic (exact) mass is 358 g/mol. The molecular weight excluding hydrogens is 347 g/mol. The fourth-order valence-corrected chi connectivity index (χ4v) is 3.39. The Balaban J connectivity index is 2.44. The van der Waals surface area contributed by atoms with Crippen LogP contribution in [0.15, 0.2) is 36.4 Å². The Morgan fingerprint density at radius 3 is 2.47 bits per heavy atom. The summed E-state index contributed by atoms with van der Waals surface area (Å²) in [7, 11) is 1.66. The molecule has 1 atom stereocenters. The van der Waals surface area contributed by atoms with Gasteiger partial charge in [0.25, 0.3) is 0 Å². The Hall–Kier alpha value is -0.700. The summed E-state index contributed by atoms with van der Waals surface area (Å²) >= 11 is 16.0. The van der Waals surface area contributed by atoms with Crippen LogP contribution in [-0.2, 0) is 0 Å². The first kappa shape index (κ1) is 14.7. The summed E-state index contributed by atoms with van der Waals surface area (Å²) in [6.07, 6.45) is 0. The molecule has 0 aliphatic heterocycles. The predicted molar refractivity (Wildman–Crippen MR) is 85.0 cm³/mol. The molecule has 0 spiro atoms. The second-order valence-corrected chi connectivity index (χ2v) is 5.93. The maximum atomic E-state index is 6.26. The fourth-order valence-electron chi connectivity index (χ4n) is 1.94. The molecule has 0 radical (unpaired) electrons. The van der Waals surface area contributed by atoms with Crippen LogP contribution in [0.2, 0.25) is 10.0 Å². The van der Waals surface area contributed by atoms with E-state index in [9.17, 15) is 0 Å². The van der Waals surface area contributed by atoms with Gasteiger partial charge in [0.1, 0.15) is 5.75 Å². The first-order valence-corrected chi connectivity index (χ1v) is 7.44. The average molecular weight is 360 g/mol. The number of halogens is 3. The van der Waals surface area contributed by atoms with Crippen molar-refractivity contribution in [3.8, 4) is 5.75 Å². The Morgan fingerprint density at radius 2 is 1.84 bits per heavy atom. The molecule has 0 saturated carbocycles. The van der Waals surface area contributed by atoms with Crippen LogP contribution in [0.3, 0.4) is 0 Å². The lowest BCUT2D eigenvalue weighted by molar-refractivity contribution is 0.414. The maximum Gasteiger partial charge on any atom is 0.119 e. The third-order valence-corrected chi connectivity index (χ3v) is 4.82. The number of methoxy groups -OCH3 is 1. The number of rotatable bonds is 3. The van der Waals surface area contributed by atoms with E-state index in [-0.39, 0.29) is 4.83 Å². The van der Waals surface area contributed by atoms with Gasteiger partial charge in [-0.3, -0.25) is 0 Å². The SMILES string of the molecule is COc1ccc(C(Br)c2cccc(Cl)c2Cl)c(C)c1. The largest absolute Gasteiger partial charge is 0.497 e. The quantitative estimate of drug-likeness (QED) is 0.629. The smallest absolute Gasteiger partial charge is 0.119 e. The van der Waals surface area contributed by atoms with E-state index in [1.165, 1.54) is 0 Å². The van der Waals surface area contributed by atoms with Gasteiger partial charge in [0, 0.05) is 0 Å². The van der Waals surface area contributed by atoms with Gasteiger partial charge < -0.3 is 4.74 Å². The molecular formula is C15H13BrCl2O. The van der Waals surface area contributed by atoms with Gasteiger partial charge in [-0.2, -0.15) is 0 Å². The van der Waals surface area contributed by atoms with Gasteiger partial charge >= 0.3 is 0 Å². The normalized spacial score (nSPS) is 12.3. The highest BCUT2D eigenvalue weighted by molar-refractivity contribution is 9.09. The van der Waals surface area contributed by atoms with Gasteiger partial charge in [-0.05, 0) is 41.8 Å². The molecule has 2 aromatic rings. The summed E-state index contributed by atoms with van der Waals surface area (Å²) in [5, 5.41) is 1.15. The number of benzene rings is 2. The number of ether oxygens (including phenoxy) is 1. The number of hydrogen-bond donors (Lipinski definition) is 0. The minimum absolute atomic E-state index is 0.00426. The van der Waals surface area contributed by atoms with Crippen molar-refractivity contribution in [2.45, 2.75) is 11.8 Å². The van der Waals surface area contributed by atoms with Crippen LogP contribution in [0.25, 0.3) is 0 Å². The van der Waals surface area contributed by atoms with Crippen LogP contribution in [-0.4, -0.2) is 7.11 Å². The number of alkyl halides is 1. The van der Waals surface area contributed by atoms with Crippen LogP contribution in [0.1, 0.15) is 21.5 Å². The van der Waals surface area contributed by atoms with E-state index in [0.717, 1.165) is 22.4 Å². The zero-order chi connectivity index (χ0) is 14.0. The van der Waals surface area contributed by atoms with E-state index in [1.54, 1.807) is 13.2 Å². The molecule has 0 saturated heterocycles. The van der Waals surface area contributed by atoms with E-state index in [2.05, 4.69) is 15.9 Å². The van der Waals surface area contributed by atoms with E-state index in [1.807, 2.05) is 37.3 Å². The summed E-state index contributed by atoms with van der Waals surface area (Å²) in [6, 6.07) is 11.6. The minimum Gasteiger partial charge on any atom is -0.497 e. The second kappa shape index (κ2) is 6.17. The number of aryl methyl sites for hydroxylation is 1. The van der Waals surface area contributed by atoms with Crippen molar-refractivity contribution in [1.29, 1.82) is 0 Å². The minimum atomic E-state index is 0.00426. The van der Waals surface area contributed by atoms with Crippen molar-refractivity contribution in [2.75, 3.05) is 7.11 Å². The van der Waals surface area contributed by atoms with Gasteiger partial charge in [-0.25, -0.2) is 0 Å². The van der Waals surface area contributed by atoms with Crippen molar-refractivity contribution in [2.24, 2.45) is 0 Å². The lowest BCUT2D eigenvalue weighted by atomic mass is 10.00. The van der Waals surface area contributed by atoms with Crippen LogP contribution in [0.5, 0.6) is 5.75 Å². The zero-order valence-electron chi connectivity index (χ0n) is 10.6. The summed E-state index contributed by atoms with van der Waals surface area (Å²) in [5.41, 5.74) is 3.24. The van der Waals surface area contributed by atoms with Crippen molar-refractivity contribution in [3.05, 3.63) is 63.1 Å². The van der Waals surface area contributed by atoms with Gasteiger partial charge in [0.05, 0.1) is 22.0 Å².